The van der Waals surface area contributed by atoms with E-state index in [-0.39, 0.29) is 24.2 Å². The van der Waals surface area contributed by atoms with Gasteiger partial charge in [-0.05, 0) is 154 Å². The third-order valence-electron chi connectivity index (χ3n) is 19.1. The van der Waals surface area contributed by atoms with Crippen molar-refractivity contribution >= 4 is 11.6 Å². The Bertz CT molecular complexity index is 1630. The van der Waals surface area contributed by atoms with E-state index in [0.717, 1.165) is 48.3 Å². The van der Waals surface area contributed by atoms with E-state index in [1.165, 1.54) is 69.9 Å². The monoisotopic (exact) mass is 779 g/mol. The summed E-state index contributed by atoms with van der Waals surface area (Å²) in [5.74, 6) is 3.34. The van der Waals surface area contributed by atoms with Crippen LogP contribution in [-0.2, 0) is 9.59 Å². The van der Waals surface area contributed by atoms with Crippen molar-refractivity contribution in [2.24, 2.45) is 74.9 Å². The Morgan fingerprint density at radius 1 is 0.929 bits per heavy atom. The number of carbonyl (C=O) groups excluding carboxylic acids is 2. The SMILES string of the molecule is CC(C)CCC[C@@H](C)[C@H]1CC[C@H]2[C@@H]3CC=C4C[C@@H](O)CC[C@]4(C)[C@H]3CC[C@]12C.C[C@@H]1C[C@H]2[C@@H]3CCC4=CC(=O)C=C[C@]4(C)[C@@]3(F)[C@@H](O)C[C@]2(C)[C@@]1(O)C(=O)CO. The van der Waals surface area contributed by atoms with Gasteiger partial charge in [0.05, 0.1) is 12.2 Å². The largest absolute Gasteiger partial charge is 0.393 e. The highest BCUT2D eigenvalue weighted by Gasteiger charge is 2.75. The maximum absolute atomic E-state index is 16.9. The fourth-order valence-electron chi connectivity index (χ4n) is 15.9. The number of hydrogen-bond donors (Lipinski definition) is 4. The van der Waals surface area contributed by atoms with E-state index >= 15 is 4.39 Å². The average Bonchev–Trinajstić information content (AvgIpc) is 3.60. The first kappa shape index (κ1) is 42.5. The Kier molecular flexibility index (Phi) is 11.2. The van der Waals surface area contributed by atoms with Gasteiger partial charge in [-0.3, -0.25) is 9.59 Å². The van der Waals surface area contributed by atoms with Gasteiger partial charge in [-0.25, -0.2) is 4.39 Å². The van der Waals surface area contributed by atoms with Gasteiger partial charge in [-0.15, -0.1) is 0 Å². The lowest BCUT2D eigenvalue weighted by molar-refractivity contribution is -0.219. The van der Waals surface area contributed by atoms with Crippen molar-refractivity contribution in [3.8, 4) is 0 Å². The molecule has 8 aliphatic rings. The number of aliphatic hydroxyl groups is 4. The predicted molar refractivity (Wildman–Crippen MR) is 219 cm³/mol. The zero-order valence-corrected chi connectivity index (χ0v) is 36.0. The molecule has 56 heavy (non-hydrogen) atoms. The molecular formula is C49H75FO6. The lowest BCUT2D eigenvalue weighted by Gasteiger charge is -2.62. The van der Waals surface area contributed by atoms with Crippen LogP contribution in [0.3, 0.4) is 0 Å². The zero-order chi connectivity index (χ0) is 40.8. The zero-order valence-electron chi connectivity index (χ0n) is 36.0. The van der Waals surface area contributed by atoms with E-state index < -0.39 is 52.4 Å². The molecule has 6 nitrogen and oxygen atoms in total. The van der Waals surface area contributed by atoms with Crippen LogP contribution in [0, 0.1) is 74.9 Å². The Morgan fingerprint density at radius 3 is 2.36 bits per heavy atom. The highest BCUT2D eigenvalue weighted by atomic mass is 19.1. The molecule has 0 amide bonds. The number of ketones is 2. The van der Waals surface area contributed by atoms with Crippen molar-refractivity contribution in [3.63, 3.8) is 0 Å². The summed E-state index contributed by atoms with van der Waals surface area (Å²) < 4.78 is 16.9. The van der Waals surface area contributed by atoms with Gasteiger partial charge in [0.15, 0.2) is 17.2 Å². The number of carbonyl (C=O) groups is 2. The summed E-state index contributed by atoms with van der Waals surface area (Å²) in [6.07, 6.45) is 21.6. The maximum atomic E-state index is 16.9. The minimum atomic E-state index is -1.98. The molecule has 0 spiro atoms. The van der Waals surface area contributed by atoms with Crippen LogP contribution in [0.2, 0.25) is 0 Å². The first-order valence-corrected chi connectivity index (χ1v) is 22.8. The fraction of sp³-hybridized carbons (Fsp3) is 0.837. The summed E-state index contributed by atoms with van der Waals surface area (Å²) in [5.41, 5.74) is -2.57. The molecule has 0 aromatic heterocycles. The molecule has 0 aliphatic heterocycles. The summed E-state index contributed by atoms with van der Waals surface area (Å²) in [6, 6.07) is 0. The van der Waals surface area contributed by atoms with Gasteiger partial charge in [0, 0.05) is 16.7 Å². The summed E-state index contributed by atoms with van der Waals surface area (Å²) in [5, 5.41) is 42.2. The average molecular weight is 779 g/mol. The number of hydrogen-bond acceptors (Lipinski definition) is 6. The summed E-state index contributed by atoms with van der Waals surface area (Å²) in [4.78, 5) is 24.4. The van der Waals surface area contributed by atoms with E-state index in [2.05, 4.69) is 40.7 Å². The first-order valence-electron chi connectivity index (χ1n) is 22.8. The van der Waals surface area contributed by atoms with E-state index in [1.54, 1.807) is 32.4 Å². The van der Waals surface area contributed by atoms with E-state index in [1.807, 2.05) is 0 Å². The van der Waals surface area contributed by atoms with Gasteiger partial charge >= 0.3 is 0 Å². The van der Waals surface area contributed by atoms with E-state index in [9.17, 15) is 30.0 Å². The molecular weight excluding hydrogens is 704 g/mol. The van der Waals surface area contributed by atoms with Gasteiger partial charge in [0.1, 0.15) is 12.2 Å². The van der Waals surface area contributed by atoms with Crippen LogP contribution in [-0.4, -0.2) is 62.1 Å². The Labute approximate surface area is 337 Å². The lowest BCUT2D eigenvalue weighted by Crippen LogP contribution is -2.69. The van der Waals surface area contributed by atoms with Gasteiger partial charge < -0.3 is 20.4 Å². The molecule has 0 bridgehead atoms. The number of rotatable bonds is 7. The van der Waals surface area contributed by atoms with Crippen molar-refractivity contribution < 1.29 is 34.4 Å². The highest BCUT2D eigenvalue weighted by Crippen LogP contribution is 2.71. The van der Waals surface area contributed by atoms with Gasteiger partial charge in [-0.2, -0.15) is 0 Å². The molecule has 16 atom stereocenters. The second kappa shape index (κ2) is 14.8. The smallest absolute Gasteiger partial charge is 0.190 e. The number of Topliss-reactive ketones (excluding diaryl/α,β-unsaturated/α-hetero) is 1. The van der Waals surface area contributed by atoms with Crippen LogP contribution in [0.4, 0.5) is 4.39 Å². The lowest BCUT2D eigenvalue weighted by atomic mass is 9.44. The summed E-state index contributed by atoms with van der Waals surface area (Å²) in [7, 11) is 0. The third kappa shape index (κ3) is 6.10. The van der Waals surface area contributed by atoms with Gasteiger partial charge in [-0.1, -0.05) is 91.0 Å². The third-order valence-corrected chi connectivity index (χ3v) is 19.1. The molecule has 0 saturated heterocycles. The highest BCUT2D eigenvalue weighted by molar-refractivity contribution is 6.01. The van der Waals surface area contributed by atoms with Gasteiger partial charge in [0.25, 0.3) is 0 Å². The molecule has 0 aromatic carbocycles. The quantitative estimate of drug-likeness (QED) is 0.192. The van der Waals surface area contributed by atoms with Crippen molar-refractivity contribution in [3.05, 3.63) is 35.5 Å². The Morgan fingerprint density at radius 2 is 1.66 bits per heavy atom. The number of aliphatic hydroxyl groups excluding tert-OH is 3. The number of allylic oxidation sites excluding steroid dienone is 5. The van der Waals surface area contributed by atoms with Gasteiger partial charge in [0.2, 0.25) is 0 Å². The van der Waals surface area contributed by atoms with Crippen LogP contribution in [0.5, 0.6) is 0 Å². The maximum Gasteiger partial charge on any atom is 0.190 e. The second-order valence-electron chi connectivity index (χ2n) is 21.9. The number of halogens is 1. The standard InChI is InChI=1S/C27H46O.C22H29FO5/c1-18(2)7-6-8-19(3)23-11-12-24-22-10-9-20-17-21(28)13-15-26(20,4)25(22)14-16-27(23,24)5;1-12-8-16-15-5-4-13-9-14(25)6-7-19(13,2)21(15,23)17(26)10-20(16,3)22(12,28)18(27)11-24/h9,18-19,21-25,28H,6-8,10-17H2,1-5H3;6-7,9,12,15-17,24,26,28H,4-5,8,10-11H2,1-3H3/t19-,21+,22+,23-,24+,25+,26+,27-;12-,15+,16+,17+,19+,20+,21+,22+/m11/s1. The molecule has 6 saturated carbocycles. The molecule has 0 aromatic rings. The second-order valence-corrected chi connectivity index (χ2v) is 21.9. The van der Waals surface area contributed by atoms with Crippen LogP contribution < -0.4 is 0 Å². The topological polar surface area (TPSA) is 115 Å². The van der Waals surface area contributed by atoms with Crippen LogP contribution in [0.25, 0.3) is 0 Å². The molecule has 314 valence electrons. The number of alkyl halides is 1. The Balaban J connectivity index is 0.000000172. The van der Waals surface area contributed by atoms with Crippen molar-refractivity contribution in [2.45, 2.75) is 175 Å². The van der Waals surface area contributed by atoms with E-state index in [4.69, 9.17) is 0 Å². The molecule has 7 heteroatoms. The molecule has 4 N–H and O–H groups in total. The molecule has 0 heterocycles. The van der Waals surface area contributed by atoms with Crippen LogP contribution in [0.15, 0.2) is 35.5 Å². The summed E-state index contributed by atoms with van der Waals surface area (Å²) >= 11 is 0. The Hall–Kier alpha value is -1.67. The molecule has 8 aliphatic carbocycles. The summed E-state index contributed by atoms with van der Waals surface area (Å²) in [6.45, 7) is 17.0. The van der Waals surface area contributed by atoms with Crippen LogP contribution >= 0.6 is 0 Å². The van der Waals surface area contributed by atoms with E-state index in [0.29, 0.717) is 35.7 Å². The molecule has 0 radical (unpaired) electrons. The number of fused-ring (bicyclic) bond motifs is 10. The first-order chi connectivity index (χ1) is 26.2. The van der Waals surface area contributed by atoms with Crippen LogP contribution in [0.1, 0.15) is 152 Å². The molecule has 6 fully saturated rings. The minimum absolute atomic E-state index is 0.0676. The molecule has 0 unspecified atom stereocenters. The predicted octanol–water partition coefficient (Wildman–Crippen LogP) is 9.28. The normalized spacial score (nSPS) is 49.5. The molecule has 8 rings (SSSR count). The fourth-order valence-corrected chi connectivity index (χ4v) is 15.9. The van der Waals surface area contributed by atoms with Crippen molar-refractivity contribution in [1.29, 1.82) is 0 Å². The van der Waals surface area contributed by atoms with Crippen molar-refractivity contribution in [2.75, 3.05) is 6.61 Å². The van der Waals surface area contributed by atoms with Crippen molar-refractivity contribution in [1.82, 2.24) is 0 Å². The minimum Gasteiger partial charge on any atom is -0.393 e.